The first kappa shape index (κ1) is 15.4. The summed E-state index contributed by atoms with van der Waals surface area (Å²) in [4.78, 5) is 11.7. The number of amides is 1. The van der Waals surface area contributed by atoms with E-state index in [2.05, 4.69) is 19.2 Å². The summed E-state index contributed by atoms with van der Waals surface area (Å²) in [6.07, 6.45) is 6.39. The summed E-state index contributed by atoms with van der Waals surface area (Å²) < 4.78 is 5.76. The second-order valence-corrected chi connectivity index (χ2v) is 5.21. The largest absolute Gasteiger partial charge is 0.376 e. The Morgan fingerprint density at radius 2 is 1.89 bits per heavy atom. The van der Waals surface area contributed by atoms with E-state index < -0.39 is 0 Å². The number of nitrogens with two attached hydrogens (primary N) is 1. The monoisotopic (exact) mass is 256 g/mol. The molecular formula is C14H28N2O2. The van der Waals surface area contributed by atoms with Crippen molar-refractivity contribution in [1.29, 1.82) is 0 Å². The van der Waals surface area contributed by atoms with Crippen LogP contribution in [0.1, 0.15) is 52.4 Å². The van der Waals surface area contributed by atoms with Crippen molar-refractivity contribution in [3.8, 4) is 0 Å². The highest BCUT2D eigenvalue weighted by atomic mass is 16.5. The van der Waals surface area contributed by atoms with E-state index in [-0.39, 0.29) is 11.8 Å². The van der Waals surface area contributed by atoms with Crippen LogP contribution in [0.15, 0.2) is 0 Å². The number of nitrogens with one attached hydrogen (secondary N) is 1. The molecule has 18 heavy (non-hydrogen) atoms. The fraction of sp³-hybridized carbons (Fsp3) is 0.929. The molecule has 0 atom stereocenters. The molecule has 4 heteroatoms. The maximum Gasteiger partial charge on any atom is 0.223 e. The number of ether oxygens (including phenoxy) is 1. The van der Waals surface area contributed by atoms with E-state index in [0.717, 1.165) is 38.5 Å². The normalized spacial score (nSPS) is 24.2. The lowest BCUT2D eigenvalue weighted by atomic mass is 9.94. The highest BCUT2D eigenvalue weighted by Crippen LogP contribution is 2.19. The highest BCUT2D eigenvalue weighted by molar-refractivity contribution is 5.78. The Bertz CT molecular complexity index is 234. The molecule has 0 aromatic carbocycles. The lowest BCUT2D eigenvalue weighted by Gasteiger charge is -2.26. The third kappa shape index (κ3) is 5.36. The van der Waals surface area contributed by atoms with E-state index >= 15 is 0 Å². The standard InChI is InChI=1S/C14H28N2O2/c1-3-11(4-2)14(17)16-9-10-18-13-7-5-12(15)6-8-13/h11-13H,3-10,15H2,1-2H3,(H,16,17). The Morgan fingerprint density at radius 3 is 2.44 bits per heavy atom. The van der Waals surface area contributed by atoms with Crippen LogP contribution in [0.25, 0.3) is 0 Å². The molecule has 1 rings (SSSR count). The van der Waals surface area contributed by atoms with Gasteiger partial charge in [-0.25, -0.2) is 0 Å². The van der Waals surface area contributed by atoms with Crippen LogP contribution < -0.4 is 11.1 Å². The van der Waals surface area contributed by atoms with E-state index in [1.807, 2.05) is 0 Å². The molecular weight excluding hydrogens is 228 g/mol. The Kier molecular flexibility index (Phi) is 7.28. The Hall–Kier alpha value is -0.610. The second-order valence-electron chi connectivity index (χ2n) is 5.21. The average Bonchev–Trinajstić information content (AvgIpc) is 2.38. The maximum absolute atomic E-state index is 11.7. The first-order valence-corrected chi connectivity index (χ1v) is 7.32. The predicted molar refractivity (Wildman–Crippen MR) is 73.3 cm³/mol. The van der Waals surface area contributed by atoms with Crippen molar-refractivity contribution in [2.75, 3.05) is 13.2 Å². The fourth-order valence-electron chi connectivity index (χ4n) is 2.46. The van der Waals surface area contributed by atoms with E-state index in [9.17, 15) is 4.79 Å². The van der Waals surface area contributed by atoms with Gasteiger partial charge in [-0.15, -0.1) is 0 Å². The smallest absolute Gasteiger partial charge is 0.223 e. The van der Waals surface area contributed by atoms with Gasteiger partial charge in [0.2, 0.25) is 5.91 Å². The Balaban J connectivity index is 2.06. The highest BCUT2D eigenvalue weighted by Gasteiger charge is 2.19. The summed E-state index contributed by atoms with van der Waals surface area (Å²) >= 11 is 0. The third-order valence-corrected chi connectivity index (χ3v) is 3.83. The topological polar surface area (TPSA) is 64.3 Å². The predicted octanol–water partition coefficient (Wildman–Crippen LogP) is 1.83. The van der Waals surface area contributed by atoms with Crippen LogP contribution >= 0.6 is 0 Å². The lowest BCUT2D eigenvalue weighted by molar-refractivity contribution is -0.125. The van der Waals surface area contributed by atoms with E-state index in [0.29, 0.717) is 25.3 Å². The van der Waals surface area contributed by atoms with Crippen molar-refractivity contribution in [3.05, 3.63) is 0 Å². The molecule has 3 N–H and O–H groups in total. The van der Waals surface area contributed by atoms with Crippen LogP contribution in [0.5, 0.6) is 0 Å². The zero-order valence-electron chi connectivity index (χ0n) is 11.8. The second kappa shape index (κ2) is 8.48. The summed E-state index contributed by atoms with van der Waals surface area (Å²) in [7, 11) is 0. The zero-order chi connectivity index (χ0) is 13.4. The van der Waals surface area contributed by atoms with Gasteiger partial charge in [-0.05, 0) is 38.5 Å². The quantitative estimate of drug-likeness (QED) is 0.683. The molecule has 0 spiro atoms. The summed E-state index contributed by atoms with van der Waals surface area (Å²) in [5, 5.41) is 2.94. The molecule has 1 aliphatic carbocycles. The number of rotatable bonds is 7. The Morgan fingerprint density at radius 1 is 1.28 bits per heavy atom. The molecule has 0 bridgehead atoms. The molecule has 0 aliphatic heterocycles. The summed E-state index contributed by atoms with van der Waals surface area (Å²) in [6.45, 7) is 5.34. The van der Waals surface area contributed by atoms with Crippen molar-refractivity contribution in [3.63, 3.8) is 0 Å². The van der Waals surface area contributed by atoms with Crippen LogP contribution in [-0.4, -0.2) is 31.2 Å². The molecule has 0 unspecified atom stereocenters. The van der Waals surface area contributed by atoms with Crippen molar-refractivity contribution < 1.29 is 9.53 Å². The van der Waals surface area contributed by atoms with Gasteiger partial charge in [-0.2, -0.15) is 0 Å². The molecule has 0 saturated heterocycles. The zero-order valence-corrected chi connectivity index (χ0v) is 11.8. The van der Waals surface area contributed by atoms with Gasteiger partial charge in [-0.3, -0.25) is 4.79 Å². The van der Waals surface area contributed by atoms with Gasteiger partial charge in [0.15, 0.2) is 0 Å². The van der Waals surface area contributed by atoms with Gasteiger partial charge in [0.05, 0.1) is 12.7 Å². The molecule has 0 aromatic heterocycles. The minimum absolute atomic E-state index is 0.151. The maximum atomic E-state index is 11.7. The molecule has 4 nitrogen and oxygen atoms in total. The molecule has 1 aliphatic rings. The van der Waals surface area contributed by atoms with Crippen molar-refractivity contribution in [2.24, 2.45) is 11.7 Å². The summed E-state index contributed by atoms with van der Waals surface area (Å²) in [6, 6.07) is 0.361. The first-order valence-electron chi connectivity index (χ1n) is 7.32. The van der Waals surface area contributed by atoms with Crippen LogP contribution in [0.3, 0.4) is 0 Å². The molecule has 1 saturated carbocycles. The van der Waals surface area contributed by atoms with Gasteiger partial charge >= 0.3 is 0 Å². The van der Waals surface area contributed by atoms with Gasteiger partial charge in [0, 0.05) is 18.5 Å². The summed E-state index contributed by atoms with van der Waals surface area (Å²) in [5.41, 5.74) is 5.84. The molecule has 0 aromatic rings. The lowest BCUT2D eigenvalue weighted by Crippen LogP contribution is -2.35. The van der Waals surface area contributed by atoms with Gasteiger partial charge in [0.1, 0.15) is 0 Å². The van der Waals surface area contributed by atoms with E-state index in [1.165, 1.54) is 0 Å². The van der Waals surface area contributed by atoms with Crippen LogP contribution in [0, 0.1) is 5.92 Å². The van der Waals surface area contributed by atoms with Gasteiger partial charge < -0.3 is 15.8 Å². The fourth-order valence-corrected chi connectivity index (χ4v) is 2.46. The van der Waals surface area contributed by atoms with E-state index in [1.54, 1.807) is 0 Å². The number of hydrogen-bond donors (Lipinski definition) is 2. The van der Waals surface area contributed by atoms with Crippen molar-refractivity contribution >= 4 is 5.91 Å². The third-order valence-electron chi connectivity index (χ3n) is 3.83. The SMILES string of the molecule is CCC(CC)C(=O)NCCOC1CCC(N)CC1. The van der Waals surface area contributed by atoms with E-state index in [4.69, 9.17) is 10.5 Å². The van der Waals surface area contributed by atoms with Crippen molar-refractivity contribution in [2.45, 2.75) is 64.5 Å². The minimum Gasteiger partial charge on any atom is -0.376 e. The minimum atomic E-state index is 0.151. The summed E-state index contributed by atoms with van der Waals surface area (Å²) in [5.74, 6) is 0.312. The molecule has 1 fully saturated rings. The number of carbonyl (C=O) groups excluding carboxylic acids is 1. The van der Waals surface area contributed by atoms with Crippen LogP contribution in [-0.2, 0) is 9.53 Å². The molecule has 0 heterocycles. The number of carbonyl (C=O) groups is 1. The van der Waals surface area contributed by atoms with Gasteiger partial charge in [0.25, 0.3) is 0 Å². The molecule has 0 radical (unpaired) electrons. The van der Waals surface area contributed by atoms with Crippen LogP contribution in [0.2, 0.25) is 0 Å². The number of hydrogen-bond acceptors (Lipinski definition) is 3. The Labute approximate surface area is 111 Å². The van der Waals surface area contributed by atoms with Crippen molar-refractivity contribution in [1.82, 2.24) is 5.32 Å². The molecule has 1 amide bonds. The average molecular weight is 256 g/mol. The van der Waals surface area contributed by atoms with Gasteiger partial charge in [-0.1, -0.05) is 13.8 Å². The van der Waals surface area contributed by atoms with Crippen LogP contribution in [0.4, 0.5) is 0 Å². The first-order chi connectivity index (χ1) is 8.67. The molecule has 106 valence electrons.